The molecule has 0 bridgehead atoms. The van der Waals surface area contributed by atoms with Gasteiger partial charge >= 0.3 is 5.00 Å². The summed E-state index contributed by atoms with van der Waals surface area (Å²) >= 11 is 6.46. The smallest absolute Gasteiger partial charge is 0.324 e. The number of hydrogen-bond donors (Lipinski definition) is 1. The molecule has 1 atom stereocenters. The first-order valence-corrected chi connectivity index (χ1v) is 6.48. The van der Waals surface area contributed by atoms with Gasteiger partial charge in [-0.15, -0.1) is 11.6 Å². The molecule has 1 N–H and O–H groups in total. The number of amides is 1. The van der Waals surface area contributed by atoms with Crippen molar-refractivity contribution in [2.45, 2.75) is 13.3 Å². The molecule has 17 heavy (non-hydrogen) atoms. The lowest BCUT2D eigenvalue weighted by Crippen LogP contribution is -2.27. The molecule has 0 aliphatic rings. The van der Waals surface area contributed by atoms with Crippen LogP contribution in [0.1, 0.15) is 23.0 Å². The first kappa shape index (κ1) is 13.9. The van der Waals surface area contributed by atoms with E-state index in [1.54, 1.807) is 0 Å². The first-order chi connectivity index (χ1) is 8.04. The molecule has 0 spiro atoms. The highest BCUT2D eigenvalue weighted by atomic mass is 35.5. The summed E-state index contributed by atoms with van der Waals surface area (Å²) in [6, 6.07) is 2.80. The second-order valence-electron chi connectivity index (χ2n) is 3.69. The second-order valence-corrected chi connectivity index (χ2v) is 5.13. The Labute approximate surface area is 108 Å². The Morgan fingerprint density at radius 3 is 2.88 bits per heavy atom. The van der Waals surface area contributed by atoms with E-state index in [4.69, 9.17) is 11.6 Å². The molecule has 1 heterocycles. The Balaban J connectivity index is 2.49. The van der Waals surface area contributed by atoms with Crippen LogP contribution in [-0.2, 0) is 0 Å². The molecule has 0 aliphatic heterocycles. The van der Waals surface area contributed by atoms with E-state index in [1.165, 1.54) is 12.1 Å². The van der Waals surface area contributed by atoms with Crippen LogP contribution in [0.15, 0.2) is 12.1 Å². The molecule has 0 aliphatic carbocycles. The molecule has 0 fully saturated rings. The maximum Gasteiger partial charge on any atom is 0.324 e. The number of nitro groups is 1. The van der Waals surface area contributed by atoms with Gasteiger partial charge in [-0.2, -0.15) is 0 Å². The number of nitrogens with zero attached hydrogens (tertiary/aromatic N) is 1. The van der Waals surface area contributed by atoms with Gasteiger partial charge in [-0.1, -0.05) is 18.3 Å². The fourth-order valence-corrected chi connectivity index (χ4v) is 2.30. The van der Waals surface area contributed by atoms with Crippen molar-refractivity contribution in [1.29, 1.82) is 0 Å². The molecule has 0 saturated carbocycles. The lowest BCUT2D eigenvalue weighted by molar-refractivity contribution is -0.380. The van der Waals surface area contributed by atoms with Gasteiger partial charge in [0.15, 0.2) is 0 Å². The molecular formula is C10H13ClN2O3S. The van der Waals surface area contributed by atoms with E-state index < -0.39 is 4.92 Å². The minimum atomic E-state index is -0.502. The molecule has 1 aromatic rings. The first-order valence-electron chi connectivity index (χ1n) is 5.13. The predicted octanol–water partition coefficient (Wildman–Crippen LogP) is 2.65. The van der Waals surface area contributed by atoms with Gasteiger partial charge in [-0.05, 0) is 18.4 Å². The maximum atomic E-state index is 11.6. The predicted molar refractivity (Wildman–Crippen MR) is 67.8 cm³/mol. The molecule has 1 rings (SSSR count). The quantitative estimate of drug-likeness (QED) is 0.493. The molecule has 1 unspecified atom stereocenters. The van der Waals surface area contributed by atoms with E-state index in [0.717, 1.165) is 17.8 Å². The molecule has 1 aromatic heterocycles. The van der Waals surface area contributed by atoms with Gasteiger partial charge in [0.2, 0.25) is 0 Å². The van der Waals surface area contributed by atoms with Crippen LogP contribution in [0.25, 0.3) is 0 Å². The van der Waals surface area contributed by atoms with Gasteiger partial charge in [-0.3, -0.25) is 14.9 Å². The number of thiophene rings is 1. The standard InChI is InChI=1S/C10H13ClN2O3S/c1-7(4-5-11)6-12-10(14)8-2-3-9(17-8)13(15)16/h2-3,7H,4-6H2,1H3,(H,12,14). The maximum absolute atomic E-state index is 11.6. The third kappa shape index (κ3) is 4.32. The summed E-state index contributed by atoms with van der Waals surface area (Å²) in [5.74, 6) is 0.581. The van der Waals surface area contributed by atoms with Crippen LogP contribution in [0.4, 0.5) is 5.00 Å². The molecule has 0 aromatic carbocycles. The Kier molecular flexibility index (Phi) is 5.37. The minimum absolute atomic E-state index is 0.0241. The van der Waals surface area contributed by atoms with Crippen LogP contribution in [0, 0.1) is 16.0 Å². The summed E-state index contributed by atoms with van der Waals surface area (Å²) in [6.07, 6.45) is 0.826. The van der Waals surface area contributed by atoms with Crippen molar-refractivity contribution < 1.29 is 9.72 Å². The van der Waals surface area contributed by atoms with E-state index in [0.29, 0.717) is 23.2 Å². The number of nitrogens with one attached hydrogen (secondary N) is 1. The highest BCUT2D eigenvalue weighted by Gasteiger charge is 2.15. The number of alkyl halides is 1. The van der Waals surface area contributed by atoms with Gasteiger partial charge in [0, 0.05) is 18.5 Å². The normalized spacial score (nSPS) is 12.1. The second kappa shape index (κ2) is 6.56. The molecular weight excluding hydrogens is 264 g/mol. The largest absolute Gasteiger partial charge is 0.351 e. The van der Waals surface area contributed by atoms with Gasteiger partial charge in [-0.25, -0.2) is 0 Å². The van der Waals surface area contributed by atoms with E-state index in [9.17, 15) is 14.9 Å². The minimum Gasteiger partial charge on any atom is -0.351 e. The van der Waals surface area contributed by atoms with Crippen molar-refractivity contribution in [3.63, 3.8) is 0 Å². The molecule has 0 radical (unpaired) electrons. The fraction of sp³-hybridized carbons (Fsp3) is 0.500. The van der Waals surface area contributed by atoms with Crippen molar-refractivity contribution >= 4 is 33.8 Å². The van der Waals surface area contributed by atoms with Gasteiger partial charge in [0.1, 0.15) is 0 Å². The van der Waals surface area contributed by atoms with Crippen LogP contribution < -0.4 is 5.32 Å². The monoisotopic (exact) mass is 276 g/mol. The topological polar surface area (TPSA) is 72.2 Å². The molecule has 94 valence electrons. The summed E-state index contributed by atoms with van der Waals surface area (Å²) in [7, 11) is 0. The van der Waals surface area contributed by atoms with Crippen LogP contribution in [-0.4, -0.2) is 23.3 Å². The SMILES string of the molecule is CC(CCCl)CNC(=O)c1ccc([N+](=O)[O-])s1. The number of carbonyl (C=O) groups excluding carboxylic acids is 1. The van der Waals surface area contributed by atoms with Crippen molar-refractivity contribution in [3.05, 3.63) is 27.1 Å². The third-order valence-corrected chi connectivity index (χ3v) is 3.46. The van der Waals surface area contributed by atoms with E-state index in [-0.39, 0.29) is 10.9 Å². The van der Waals surface area contributed by atoms with Crippen molar-refractivity contribution in [2.24, 2.45) is 5.92 Å². The lowest BCUT2D eigenvalue weighted by Gasteiger charge is -2.09. The third-order valence-electron chi connectivity index (χ3n) is 2.21. The van der Waals surface area contributed by atoms with Crippen LogP contribution in [0.3, 0.4) is 0 Å². The highest BCUT2D eigenvalue weighted by Crippen LogP contribution is 2.23. The number of carbonyl (C=O) groups is 1. The molecule has 1 amide bonds. The van der Waals surface area contributed by atoms with Crippen molar-refractivity contribution in [1.82, 2.24) is 5.32 Å². The van der Waals surface area contributed by atoms with Gasteiger partial charge in [0.05, 0.1) is 9.80 Å². The van der Waals surface area contributed by atoms with Crippen LogP contribution >= 0.6 is 22.9 Å². The van der Waals surface area contributed by atoms with Crippen molar-refractivity contribution in [3.8, 4) is 0 Å². The Morgan fingerprint density at radius 1 is 1.65 bits per heavy atom. The fourth-order valence-electron chi connectivity index (χ4n) is 1.19. The Morgan fingerprint density at radius 2 is 2.35 bits per heavy atom. The van der Waals surface area contributed by atoms with E-state index >= 15 is 0 Å². The average Bonchev–Trinajstić information content (AvgIpc) is 2.75. The highest BCUT2D eigenvalue weighted by molar-refractivity contribution is 7.17. The zero-order chi connectivity index (χ0) is 12.8. The lowest BCUT2D eigenvalue weighted by atomic mass is 10.1. The van der Waals surface area contributed by atoms with Gasteiger partial charge in [0.25, 0.3) is 5.91 Å². The molecule has 5 nitrogen and oxygen atoms in total. The summed E-state index contributed by atoms with van der Waals surface area (Å²) in [6.45, 7) is 2.51. The Hall–Kier alpha value is -1.14. The van der Waals surface area contributed by atoms with Crippen molar-refractivity contribution in [2.75, 3.05) is 12.4 Å². The summed E-state index contributed by atoms with van der Waals surface area (Å²) < 4.78 is 0. The zero-order valence-electron chi connectivity index (χ0n) is 9.31. The van der Waals surface area contributed by atoms with E-state index in [2.05, 4.69) is 5.32 Å². The number of rotatable bonds is 6. The summed E-state index contributed by atoms with van der Waals surface area (Å²) in [5, 5.41) is 13.2. The van der Waals surface area contributed by atoms with Gasteiger partial charge < -0.3 is 5.32 Å². The average molecular weight is 277 g/mol. The molecule has 7 heteroatoms. The summed E-state index contributed by atoms with van der Waals surface area (Å²) in [4.78, 5) is 21.9. The van der Waals surface area contributed by atoms with E-state index in [1.807, 2.05) is 6.92 Å². The zero-order valence-corrected chi connectivity index (χ0v) is 10.9. The van der Waals surface area contributed by atoms with Crippen LogP contribution in [0.5, 0.6) is 0 Å². The summed E-state index contributed by atoms with van der Waals surface area (Å²) in [5.41, 5.74) is 0. The number of hydrogen-bond acceptors (Lipinski definition) is 4. The molecule has 0 saturated heterocycles. The number of halogens is 1. The van der Waals surface area contributed by atoms with Crippen LogP contribution in [0.2, 0.25) is 0 Å². The Bertz CT molecular complexity index is 408.